The summed E-state index contributed by atoms with van der Waals surface area (Å²) >= 11 is 0. The van der Waals surface area contributed by atoms with E-state index in [1.807, 2.05) is 0 Å². The number of carbonyl (C=O) groups is 1. The topological polar surface area (TPSA) is 44.9 Å². The maximum absolute atomic E-state index is 13.4. The zero-order valence-corrected chi connectivity index (χ0v) is 16.3. The minimum atomic E-state index is -0.0212. The third-order valence-corrected chi connectivity index (χ3v) is 8.20. The highest BCUT2D eigenvalue weighted by molar-refractivity contribution is 5.86. The summed E-state index contributed by atoms with van der Waals surface area (Å²) in [6.07, 6.45) is 10.8. The first-order valence-corrected chi connectivity index (χ1v) is 11.0. The van der Waals surface area contributed by atoms with Crippen LogP contribution in [-0.4, -0.2) is 16.9 Å². The SMILES string of the molecule is Cc1ccc2[nH]c3c(c2c1)CCC(NC(=O)C12CC4CC(CC(C4)C1)C2)C3. The first kappa shape index (κ1) is 16.2. The second-order valence-electron chi connectivity index (χ2n) is 10.2. The number of fused-ring (bicyclic) bond motifs is 3. The number of hydrogen-bond acceptors (Lipinski definition) is 1. The summed E-state index contributed by atoms with van der Waals surface area (Å²) in [5.41, 5.74) is 5.37. The van der Waals surface area contributed by atoms with E-state index in [-0.39, 0.29) is 5.41 Å². The summed E-state index contributed by atoms with van der Waals surface area (Å²) in [6.45, 7) is 2.16. The van der Waals surface area contributed by atoms with E-state index in [2.05, 4.69) is 35.4 Å². The molecule has 1 heterocycles. The Morgan fingerprint density at radius 1 is 1.11 bits per heavy atom. The molecule has 5 aliphatic rings. The van der Waals surface area contributed by atoms with Crippen LogP contribution in [0, 0.1) is 30.1 Å². The molecule has 2 N–H and O–H groups in total. The number of aromatic nitrogens is 1. The molecule has 4 fully saturated rings. The fourth-order valence-electron chi connectivity index (χ4n) is 7.39. The number of amides is 1. The van der Waals surface area contributed by atoms with Gasteiger partial charge in [-0.05, 0) is 93.7 Å². The average Bonchev–Trinajstić information content (AvgIpc) is 2.97. The summed E-state index contributed by atoms with van der Waals surface area (Å²) in [4.78, 5) is 17.0. The van der Waals surface area contributed by atoms with Crippen molar-refractivity contribution in [3.63, 3.8) is 0 Å². The Balaban J connectivity index is 1.22. The van der Waals surface area contributed by atoms with Crippen LogP contribution in [0.4, 0.5) is 0 Å². The summed E-state index contributed by atoms with van der Waals surface area (Å²) in [5.74, 6) is 2.88. The minimum absolute atomic E-state index is 0.0212. The van der Waals surface area contributed by atoms with Crippen molar-refractivity contribution in [2.75, 3.05) is 0 Å². The molecule has 0 spiro atoms. The van der Waals surface area contributed by atoms with Crippen molar-refractivity contribution in [1.82, 2.24) is 10.3 Å². The zero-order chi connectivity index (χ0) is 18.2. The highest BCUT2D eigenvalue weighted by atomic mass is 16.2. The molecule has 4 saturated carbocycles. The first-order chi connectivity index (χ1) is 13.1. The Morgan fingerprint density at radius 3 is 2.52 bits per heavy atom. The summed E-state index contributed by atoms with van der Waals surface area (Å²) in [5, 5.41) is 4.90. The molecule has 1 unspecified atom stereocenters. The van der Waals surface area contributed by atoms with Crippen LogP contribution in [0.25, 0.3) is 10.9 Å². The smallest absolute Gasteiger partial charge is 0.226 e. The Labute approximate surface area is 161 Å². The maximum atomic E-state index is 13.4. The molecule has 142 valence electrons. The van der Waals surface area contributed by atoms with Gasteiger partial charge in [-0.3, -0.25) is 4.79 Å². The van der Waals surface area contributed by atoms with Crippen LogP contribution in [0.3, 0.4) is 0 Å². The Bertz CT molecular complexity index is 889. The summed E-state index contributed by atoms with van der Waals surface area (Å²) in [6, 6.07) is 6.98. The van der Waals surface area contributed by atoms with E-state index in [9.17, 15) is 4.79 Å². The summed E-state index contributed by atoms with van der Waals surface area (Å²) < 4.78 is 0. The fraction of sp³-hybridized carbons (Fsp3) is 0.625. The Kier molecular flexibility index (Phi) is 3.37. The average molecular weight is 363 g/mol. The quantitative estimate of drug-likeness (QED) is 0.801. The summed E-state index contributed by atoms with van der Waals surface area (Å²) in [7, 11) is 0. The molecule has 0 aliphatic heterocycles. The van der Waals surface area contributed by atoms with E-state index >= 15 is 0 Å². The Morgan fingerprint density at radius 2 is 1.81 bits per heavy atom. The molecule has 1 aromatic carbocycles. The van der Waals surface area contributed by atoms with Gasteiger partial charge in [0.2, 0.25) is 5.91 Å². The third-order valence-electron chi connectivity index (χ3n) is 8.20. The first-order valence-electron chi connectivity index (χ1n) is 11.0. The highest BCUT2D eigenvalue weighted by Gasteiger charge is 2.54. The van der Waals surface area contributed by atoms with Gasteiger partial charge in [-0.25, -0.2) is 0 Å². The predicted octanol–water partition coefficient (Wildman–Crippen LogP) is 4.67. The van der Waals surface area contributed by atoms with E-state index in [4.69, 9.17) is 0 Å². The molecule has 0 saturated heterocycles. The van der Waals surface area contributed by atoms with Crippen LogP contribution in [0.1, 0.15) is 61.8 Å². The zero-order valence-electron chi connectivity index (χ0n) is 16.3. The van der Waals surface area contributed by atoms with Crippen molar-refractivity contribution >= 4 is 16.8 Å². The second kappa shape index (κ2) is 5.62. The van der Waals surface area contributed by atoms with Crippen LogP contribution in [-0.2, 0) is 17.6 Å². The monoisotopic (exact) mass is 362 g/mol. The van der Waals surface area contributed by atoms with Gasteiger partial charge >= 0.3 is 0 Å². The van der Waals surface area contributed by atoms with Gasteiger partial charge in [0.1, 0.15) is 0 Å². The van der Waals surface area contributed by atoms with E-state index in [0.29, 0.717) is 11.9 Å². The van der Waals surface area contributed by atoms with Crippen LogP contribution >= 0.6 is 0 Å². The van der Waals surface area contributed by atoms with Crippen LogP contribution in [0.5, 0.6) is 0 Å². The van der Waals surface area contributed by atoms with Gasteiger partial charge in [0, 0.05) is 34.5 Å². The lowest BCUT2D eigenvalue weighted by molar-refractivity contribution is -0.147. The molecule has 3 nitrogen and oxygen atoms in total. The van der Waals surface area contributed by atoms with Gasteiger partial charge in [0.25, 0.3) is 0 Å². The van der Waals surface area contributed by atoms with Gasteiger partial charge in [-0.2, -0.15) is 0 Å². The van der Waals surface area contributed by atoms with Crippen molar-refractivity contribution in [2.24, 2.45) is 23.2 Å². The molecule has 5 aliphatic carbocycles. The van der Waals surface area contributed by atoms with Gasteiger partial charge in [0.15, 0.2) is 0 Å². The lowest BCUT2D eigenvalue weighted by Crippen LogP contribution is -2.55. The standard InChI is InChI=1S/C24H30N2O/c1-14-2-5-21-20(6-14)19-4-3-18(10-22(19)26-21)25-23(27)24-11-15-7-16(12-24)9-17(8-15)13-24/h2,5-6,15-18,26H,3-4,7-13H2,1H3,(H,25,27). The molecule has 1 aromatic heterocycles. The molecule has 2 aromatic rings. The number of aromatic amines is 1. The van der Waals surface area contributed by atoms with Gasteiger partial charge in [0.05, 0.1) is 0 Å². The lowest BCUT2D eigenvalue weighted by Gasteiger charge is -2.56. The highest BCUT2D eigenvalue weighted by Crippen LogP contribution is 2.60. The number of H-pyrrole nitrogens is 1. The molecule has 27 heavy (non-hydrogen) atoms. The number of benzene rings is 1. The maximum Gasteiger partial charge on any atom is 0.226 e. The van der Waals surface area contributed by atoms with E-state index in [0.717, 1.165) is 56.3 Å². The molecule has 3 heteroatoms. The molecule has 0 radical (unpaired) electrons. The van der Waals surface area contributed by atoms with Crippen molar-refractivity contribution < 1.29 is 4.79 Å². The number of nitrogens with one attached hydrogen (secondary N) is 2. The fourth-order valence-corrected chi connectivity index (χ4v) is 7.39. The second-order valence-corrected chi connectivity index (χ2v) is 10.2. The molecule has 1 amide bonds. The van der Waals surface area contributed by atoms with Crippen molar-refractivity contribution in [2.45, 2.75) is 70.8 Å². The normalized spacial score (nSPS) is 36.8. The van der Waals surface area contributed by atoms with Crippen LogP contribution in [0.15, 0.2) is 18.2 Å². The van der Waals surface area contributed by atoms with Crippen LogP contribution < -0.4 is 5.32 Å². The van der Waals surface area contributed by atoms with E-state index < -0.39 is 0 Å². The molecular weight excluding hydrogens is 332 g/mol. The van der Waals surface area contributed by atoms with E-state index in [1.54, 1.807) is 0 Å². The molecule has 1 atom stereocenters. The number of carbonyl (C=O) groups excluding carboxylic acids is 1. The molecular formula is C24H30N2O. The van der Waals surface area contributed by atoms with Gasteiger partial charge in [-0.1, -0.05) is 11.6 Å². The predicted molar refractivity (Wildman–Crippen MR) is 108 cm³/mol. The van der Waals surface area contributed by atoms with Gasteiger partial charge in [-0.15, -0.1) is 0 Å². The minimum Gasteiger partial charge on any atom is -0.358 e. The number of aryl methyl sites for hydroxylation is 2. The lowest BCUT2D eigenvalue weighted by atomic mass is 9.49. The van der Waals surface area contributed by atoms with Crippen molar-refractivity contribution in [1.29, 1.82) is 0 Å². The van der Waals surface area contributed by atoms with Crippen molar-refractivity contribution in [3.8, 4) is 0 Å². The third kappa shape index (κ3) is 2.50. The van der Waals surface area contributed by atoms with Crippen LogP contribution in [0.2, 0.25) is 0 Å². The molecule has 7 rings (SSSR count). The largest absolute Gasteiger partial charge is 0.358 e. The van der Waals surface area contributed by atoms with Crippen molar-refractivity contribution in [3.05, 3.63) is 35.0 Å². The number of hydrogen-bond donors (Lipinski definition) is 2. The Hall–Kier alpha value is -1.77. The number of rotatable bonds is 2. The van der Waals surface area contributed by atoms with Gasteiger partial charge < -0.3 is 10.3 Å². The van der Waals surface area contributed by atoms with E-state index in [1.165, 1.54) is 47.0 Å². The molecule has 4 bridgehead atoms.